The number of carbonyl (C=O) groups is 1. The summed E-state index contributed by atoms with van der Waals surface area (Å²) in [6.07, 6.45) is 0.287. The Hall–Kier alpha value is -2.79. The van der Waals surface area contributed by atoms with E-state index >= 15 is 0 Å². The Balaban J connectivity index is 2.46. The van der Waals surface area contributed by atoms with Gasteiger partial charge in [-0.2, -0.15) is 0 Å². The fraction of sp³-hybridized carbons (Fsp3) is 0.167. The van der Waals surface area contributed by atoms with Crippen LogP contribution in [-0.2, 0) is 21.7 Å². The Morgan fingerprint density at radius 2 is 1.52 bits per heavy atom. The third-order valence-corrected chi connectivity index (χ3v) is 5.16. The third-order valence-electron chi connectivity index (χ3n) is 3.75. The molecule has 2 N–H and O–H groups in total. The van der Waals surface area contributed by atoms with Gasteiger partial charge in [-0.05, 0) is 23.3 Å². The summed E-state index contributed by atoms with van der Waals surface area (Å²) in [7, 11) is 2.75. The van der Waals surface area contributed by atoms with Crippen molar-refractivity contribution in [1.82, 2.24) is 0 Å². The predicted octanol–water partition coefficient (Wildman–Crippen LogP) is 3.17. The second-order valence-electron chi connectivity index (χ2n) is 5.54. The summed E-state index contributed by atoms with van der Waals surface area (Å²) in [4.78, 5) is 10.8. The molecule has 1 atom stereocenters. The first-order chi connectivity index (χ1) is 13.6. The molecule has 1 unspecified atom stereocenters. The first-order valence-electron chi connectivity index (χ1n) is 7.74. The van der Waals surface area contributed by atoms with E-state index in [4.69, 9.17) is 15.2 Å². The van der Waals surface area contributed by atoms with Crippen LogP contribution in [0.15, 0.2) is 23.1 Å². The number of nitrogens with two attached hydrogens (primary N) is 1. The number of hydrogen-bond donors (Lipinski definition) is 1. The number of halogens is 5. The largest absolute Gasteiger partial charge is 0.611 e. The molecule has 0 spiro atoms. The standard InChI is InChI=1S/C18H14F5NO4S/c1-27-10-4-3-8(5-11(10)28-2)7-29(26)12(18(24)25)6-9-13(19)15(21)17(23)16(22)14(9)20/h3-6H,7H2,1-2H3,(H2,24,25). The van der Waals surface area contributed by atoms with E-state index in [2.05, 4.69) is 0 Å². The molecule has 0 aliphatic heterocycles. The summed E-state index contributed by atoms with van der Waals surface area (Å²) in [6, 6.07) is 4.41. The van der Waals surface area contributed by atoms with Gasteiger partial charge in [0.05, 0.1) is 19.8 Å². The summed E-state index contributed by atoms with van der Waals surface area (Å²) in [5.41, 5.74) is 4.04. The van der Waals surface area contributed by atoms with Gasteiger partial charge < -0.3 is 19.8 Å². The summed E-state index contributed by atoms with van der Waals surface area (Å²) in [5, 5.41) is 0. The van der Waals surface area contributed by atoms with E-state index in [0.29, 0.717) is 11.3 Å². The molecule has 0 fully saturated rings. The van der Waals surface area contributed by atoms with Crippen LogP contribution in [0.3, 0.4) is 0 Å². The lowest BCUT2D eigenvalue weighted by molar-refractivity contribution is -0.113. The molecule has 2 aromatic rings. The van der Waals surface area contributed by atoms with Gasteiger partial charge in [-0.15, -0.1) is 0 Å². The molecule has 1 amide bonds. The first-order valence-corrected chi connectivity index (χ1v) is 9.06. The highest BCUT2D eigenvalue weighted by Gasteiger charge is 2.28. The Kier molecular flexibility index (Phi) is 7.09. The SMILES string of the molecule is COc1ccc(C[S+]([O-])C(=Cc2c(F)c(F)c(F)c(F)c2F)C(N)=O)cc1OC. The topological polar surface area (TPSA) is 84.6 Å². The van der Waals surface area contributed by atoms with Crippen molar-refractivity contribution in [2.24, 2.45) is 5.73 Å². The number of carbonyl (C=O) groups excluding carboxylic acids is 1. The van der Waals surface area contributed by atoms with E-state index in [9.17, 15) is 31.3 Å². The summed E-state index contributed by atoms with van der Waals surface area (Å²) < 4.78 is 90.2. The van der Waals surface area contributed by atoms with Crippen molar-refractivity contribution in [3.63, 3.8) is 0 Å². The minimum atomic E-state index is -2.36. The Bertz CT molecular complexity index is 954. The van der Waals surface area contributed by atoms with E-state index in [1.807, 2.05) is 0 Å². The monoisotopic (exact) mass is 435 g/mol. The van der Waals surface area contributed by atoms with Crippen LogP contribution in [0.2, 0.25) is 0 Å². The van der Waals surface area contributed by atoms with E-state index in [1.165, 1.54) is 32.4 Å². The molecule has 0 aromatic heterocycles. The zero-order valence-corrected chi connectivity index (χ0v) is 15.8. The van der Waals surface area contributed by atoms with E-state index < -0.39 is 56.6 Å². The van der Waals surface area contributed by atoms with Crippen molar-refractivity contribution in [3.8, 4) is 11.5 Å². The molecule has 0 radical (unpaired) electrons. The van der Waals surface area contributed by atoms with Gasteiger partial charge in [-0.3, -0.25) is 4.79 Å². The molecule has 156 valence electrons. The molecule has 0 saturated carbocycles. The fourth-order valence-electron chi connectivity index (χ4n) is 2.33. The summed E-state index contributed by atoms with van der Waals surface area (Å²) >= 11 is -2.28. The maximum Gasteiger partial charge on any atom is 0.296 e. The van der Waals surface area contributed by atoms with Gasteiger partial charge in [-0.25, -0.2) is 22.0 Å². The maximum absolute atomic E-state index is 13.9. The molecule has 2 aromatic carbocycles. The van der Waals surface area contributed by atoms with Gasteiger partial charge in [0.15, 0.2) is 34.8 Å². The number of amides is 1. The average molecular weight is 435 g/mol. The molecule has 29 heavy (non-hydrogen) atoms. The van der Waals surface area contributed by atoms with Crippen LogP contribution in [0.5, 0.6) is 11.5 Å². The van der Waals surface area contributed by atoms with Crippen molar-refractivity contribution in [2.45, 2.75) is 5.75 Å². The van der Waals surface area contributed by atoms with E-state index in [0.717, 1.165) is 0 Å². The van der Waals surface area contributed by atoms with E-state index in [-0.39, 0.29) is 17.6 Å². The van der Waals surface area contributed by atoms with Crippen molar-refractivity contribution in [3.05, 3.63) is 63.3 Å². The summed E-state index contributed by atoms with van der Waals surface area (Å²) in [6.45, 7) is 0. The van der Waals surface area contributed by atoms with Crippen LogP contribution >= 0.6 is 0 Å². The number of hydrogen-bond acceptors (Lipinski definition) is 4. The molecular formula is C18H14F5NO4S. The van der Waals surface area contributed by atoms with Crippen molar-refractivity contribution >= 4 is 23.2 Å². The summed E-state index contributed by atoms with van der Waals surface area (Å²) in [5.74, 6) is -12.2. The van der Waals surface area contributed by atoms with E-state index in [1.54, 1.807) is 0 Å². The molecule has 0 heterocycles. The van der Waals surface area contributed by atoms with Crippen LogP contribution in [-0.4, -0.2) is 24.7 Å². The first kappa shape index (κ1) is 22.5. The Labute approximate surface area is 165 Å². The zero-order valence-electron chi connectivity index (χ0n) is 15.0. The maximum atomic E-state index is 13.9. The number of methoxy groups -OCH3 is 2. The number of benzene rings is 2. The third kappa shape index (κ3) is 4.62. The van der Waals surface area contributed by atoms with Crippen LogP contribution in [0.4, 0.5) is 22.0 Å². The average Bonchev–Trinajstić information content (AvgIpc) is 2.70. The Morgan fingerprint density at radius 1 is 1.00 bits per heavy atom. The number of ether oxygens (including phenoxy) is 2. The highest BCUT2D eigenvalue weighted by molar-refractivity contribution is 7.95. The fourth-order valence-corrected chi connectivity index (χ4v) is 3.44. The lowest BCUT2D eigenvalue weighted by atomic mass is 10.1. The van der Waals surface area contributed by atoms with Crippen LogP contribution in [0.1, 0.15) is 11.1 Å². The number of primary amides is 1. The van der Waals surface area contributed by atoms with Crippen LogP contribution in [0, 0.1) is 29.1 Å². The van der Waals surface area contributed by atoms with Crippen LogP contribution in [0.25, 0.3) is 6.08 Å². The lowest BCUT2D eigenvalue weighted by Gasteiger charge is -2.14. The number of rotatable bonds is 7. The molecule has 0 bridgehead atoms. The van der Waals surface area contributed by atoms with Crippen LogP contribution < -0.4 is 15.2 Å². The van der Waals surface area contributed by atoms with Gasteiger partial charge in [0.1, 0.15) is 5.75 Å². The highest BCUT2D eigenvalue weighted by atomic mass is 32.2. The predicted molar refractivity (Wildman–Crippen MR) is 94.8 cm³/mol. The van der Waals surface area contributed by atoms with Gasteiger partial charge in [0.2, 0.25) is 10.7 Å². The second-order valence-corrected chi connectivity index (χ2v) is 6.96. The minimum absolute atomic E-state index is 0.284. The molecule has 11 heteroatoms. The normalized spacial score (nSPS) is 12.6. The van der Waals surface area contributed by atoms with Gasteiger partial charge in [-0.1, -0.05) is 6.07 Å². The zero-order chi connectivity index (χ0) is 21.9. The van der Waals surface area contributed by atoms with Crippen molar-refractivity contribution in [2.75, 3.05) is 14.2 Å². The second kappa shape index (κ2) is 9.14. The molecule has 5 nitrogen and oxygen atoms in total. The van der Waals surface area contributed by atoms with Crippen molar-refractivity contribution < 1.29 is 40.8 Å². The molecular weight excluding hydrogens is 421 g/mol. The van der Waals surface area contributed by atoms with Crippen molar-refractivity contribution in [1.29, 1.82) is 0 Å². The smallest absolute Gasteiger partial charge is 0.296 e. The van der Waals surface area contributed by atoms with Gasteiger partial charge in [0, 0.05) is 11.6 Å². The lowest BCUT2D eigenvalue weighted by Crippen LogP contribution is -2.22. The molecule has 0 aliphatic carbocycles. The minimum Gasteiger partial charge on any atom is -0.611 e. The quantitative estimate of drug-likeness (QED) is 0.238. The Morgan fingerprint density at radius 3 is 2.00 bits per heavy atom. The molecule has 0 saturated heterocycles. The van der Waals surface area contributed by atoms with Gasteiger partial charge >= 0.3 is 0 Å². The molecule has 2 rings (SSSR count). The molecule has 0 aliphatic rings. The highest BCUT2D eigenvalue weighted by Crippen LogP contribution is 2.30. The van der Waals surface area contributed by atoms with Gasteiger partial charge in [0.25, 0.3) is 5.91 Å².